The Bertz CT molecular complexity index is 359. The average molecular weight is 226 g/mol. The van der Waals surface area contributed by atoms with Crippen LogP contribution in [-0.4, -0.2) is 18.2 Å². The van der Waals surface area contributed by atoms with Gasteiger partial charge in [-0.1, -0.05) is 11.6 Å². The summed E-state index contributed by atoms with van der Waals surface area (Å²) in [6, 6.07) is 3.64. The Balaban J connectivity index is 2.16. The molecule has 82 valence electrons. The molecule has 1 heterocycles. The summed E-state index contributed by atoms with van der Waals surface area (Å²) in [5.74, 6) is 0.896. The van der Waals surface area contributed by atoms with Crippen LogP contribution in [0.3, 0.4) is 0 Å². The minimum Gasteiger partial charge on any atom is -0.506 e. The highest BCUT2D eigenvalue weighted by Gasteiger charge is 2.16. The summed E-state index contributed by atoms with van der Waals surface area (Å²) < 4.78 is 0. The summed E-state index contributed by atoms with van der Waals surface area (Å²) in [6.07, 6.45) is 2.26. The van der Waals surface area contributed by atoms with Crippen molar-refractivity contribution >= 4 is 11.6 Å². The summed E-state index contributed by atoms with van der Waals surface area (Å²) in [4.78, 5) is 0. The number of nitrogens with one attached hydrogen (secondary N) is 1. The Hall–Kier alpha value is -0.730. The van der Waals surface area contributed by atoms with Crippen molar-refractivity contribution in [3.8, 4) is 5.75 Å². The van der Waals surface area contributed by atoms with E-state index in [1.807, 2.05) is 13.0 Å². The van der Waals surface area contributed by atoms with E-state index in [9.17, 15) is 5.11 Å². The van der Waals surface area contributed by atoms with Crippen molar-refractivity contribution < 1.29 is 5.11 Å². The number of phenols is 1. The minimum atomic E-state index is 0.197. The summed E-state index contributed by atoms with van der Waals surface area (Å²) in [5, 5.41) is 13.3. The van der Waals surface area contributed by atoms with Gasteiger partial charge < -0.3 is 10.4 Å². The van der Waals surface area contributed by atoms with Crippen molar-refractivity contribution in [2.24, 2.45) is 5.92 Å². The van der Waals surface area contributed by atoms with Crippen molar-refractivity contribution in [2.75, 3.05) is 13.1 Å². The Kier molecular flexibility index (Phi) is 3.17. The van der Waals surface area contributed by atoms with E-state index in [2.05, 4.69) is 5.32 Å². The maximum atomic E-state index is 9.55. The molecule has 0 spiro atoms. The molecule has 1 aliphatic rings. The van der Waals surface area contributed by atoms with Gasteiger partial charge in [0.05, 0.1) is 5.02 Å². The molecule has 2 rings (SSSR count). The van der Waals surface area contributed by atoms with E-state index in [-0.39, 0.29) is 5.75 Å². The molecule has 0 radical (unpaired) electrons. The topological polar surface area (TPSA) is 32.3 Å². The third-order valence-corrected chi connectivity index (χ3v) is 3.38. The summed E-state index contributed by atoms with van der Waals surface area (Å²) in [6.45, 7) is 4.25. The highest BCUT2D eigenvalue weighted by molar-refractivity contribution is 6.32. The molecule has 1 atom stereocenters. The van der Waals surface area contributed by atoms with E-state index in [0.29, 0.717) is 10.9 Å². The van der Waals surface area contributed by atoms with Gasteiger partial charge in [-0.05, 0) is 62.0 Å². The van der Waals surface area contributed by atoms with Gasteiger partial charge in [0.2, 0.25) is 0 Å². The minimum absolute atomic E-state index is 0.197. The third-order valence-electron chi connectivity index (χ3n) is 3.08. The fourth-order valence-corrected chi connectivity index (χ4v) is 2.34. The fourth-order valence-electron chi connectivity index (χ4n) is 2.12. The standard InChI is InChI=1S/C12H16ClNO/c1-8-4-11(13)12(15)6-10(8)5-9-2-3-14-7-9/h4,6,9,14-15H,2-3,5,7H2,1H3. The lowest BCUT2D eigenvalue weighted by atomic mass is 9.95. The van der Waals surface area contributed by atoms with Gasteiger partial charge in [-0.25, -0.2) is 0 Å². The zero-order valence-electron chi connectivity index (χ0n) is 8.89. The van der Waals surface area contributed by atoms with Crippen LogP contribution < -0.4 is 5.32 Å². The van der Waals surface area contributed by atoms with Crippen LogP contribution in [0.5, 0.6) is 5.75 Å². The second kappa shape index (κ2) is 4.42. The van der Waals surface area contributed by atoms with Gasteiger partial charge in [0.1, 0.15) is 5.75 Å². The highest BCUT2D eigenvalue weighted by atomic mass is 35.5. The SMILES string of the molecule is Cc1cc(Cl)c(O)cc1CC1CCNC1. The van der Waals surface area contributed by atoms with Crippen LogP contribution in [0, 0.1) is 12.8 Å². The van der Waals surface area contributed by atoms with Crippen LogP contribution in [0.4, 0.5) is 0 Å². The van der Waals surface area contributed by atoms with Gasteiger partial charge in [-0.3, -0.25) is 0 Å². The first kappa shape index (κ1) is 10.8. The van der Waals surface area contributed by atoms with Crippen LogP contribution in [0.2, 0.25) is 5.02 Å². The quantitative estimate of drug-likeness (QED) is 0.811. The van der Waals surface area contributed by atoms with Crippen LogP contribution in [0.1, 0.15) is 17.5 Å². The number of phenolic OH excluding ortho intramolecular Hbond substituents is 1. The second-order valence-corrected chi connectivity index (χ2v) is 4.70. The normalized spacial score (nSPS) is 20.8. The lowest BCUT2D eigenvalue weighted by Crippen LogP contribution is -2.11. The van der Waals surface area contributed by atoms with Crippen LogP contribution in [-0.2, 0) is 6.42 Å². The molecular formula is C12H16ClNO. The maximum absolute atomic E-state index is 9.55. The van der Waals surface area contributed by atoms with E-state index >= 15 is 0 Å². The van der Waals surface area contributed by atoms with Gasteiger partial charge in [0, 0.05) is 0 Å². The Morgan fingerprint density at radius 1 is 1.53 bits per heavy atom. The summed E-state index contributed by atoms with van der Waals surface area (Å²) in [5.41, 5.74) is 2.38. The second-order valence-electron chi connectivity index (χ2n) is 4.29. The van der Waals surface area contributed by atoms with E-state index in [1.54, 1.807) is 6.07 Å². The smallest absolute Gasteiger partial charge is 0.134 e. The first-order chi connectivity index (χ1) is 7.16. The zero-order valence-corrected chi connectivity index (χ0v) is 9.64. The molecular weight excluding hydrogens is 210 g/mol. The fraction of sp³-hybridized carbons (Fsp3) is 0.500. The lowest BCUT2D eigenvalue weighted by molar-refractivity contribution is 0.473. The van der Waals surface area contributed by atoms with Gasteiger partial charge in [0.15, 0.2) is 0 Å². The molecule has 0 bridgehead atoms. The number of hydrogen-bond acceptors (Lipinski definition) is 2. The summed E-state index contributed by atoms with van der Waals surface area (Å²) in [7, 11) is 0. The number of aromatic hydroxyl groups is 1. The molecule has 1 aromatic rings. The van der Waals surface area contributed by atoms with Gasteiger partial charge in [0.25, 0.3) is 0 Å². The summed E-state index contributed by atoms with van der Waals surface area (Å²) >= 11 is 5.84. The van der Waals surface area contributed by atoms with E-state index in [0.717, 1.165) is 19.5 Å². The Labute approximate surface area is 95.3 Å². The number of aryl methyl sites for hydroxylation is 1. The number of halogens is 1. The van der Waals surface area contributed by atoms with Crippen molar-refractivity contribution in [1.29, 1.82) is 0 Å². The Morgan fingerprint density at radius 2 is 2.33 bits per heavy atom. The molecule has 1 saturated heterocycles. The molecule has 1 fully saturated rings. The molecule has 2 N–H and O–H groups in total. The molecule has 2 nitrogen and oxygen atoms in total. The molecule has 0 amide bonds. The largest absolute Gasteiger partial charge is 0.506 e. The van der Waals surface area contributed by atoms with E-state index in [4.69, 9.17) is 11.6 Å². The van der Waals surface area contributed by atoms with E-state index in [1.165, 1.54) is 17.5 Å². The van der Waals surface area contributed by atoms with Crippen molar-refractivity contribution in [1.82, 2.24) is 5.32 Å². The maximum Gasteiger partial charge on any atom is 0.134 e. The molecule has 1 unspecified atom stereocenters. The van der Waals surface area contributed by atoms with Gasteiger partial charge in [-0.15, -0.1) is 0 Å². The number of hydrogen-bond donors (Lipinski definition) is 2. The monoisotopic (exact) mass is 225 g/mol. The highest BCUT2D eigenvalue weighted by Crippen LogP contribution is 2.28. The molecule has 1 aromatic carbocycles. The Morgan fingerprint density at radius 3 is 3.00 bits per heavy atom. The first-order valence-corrected chi connectivity index (χ1v) is 5.73. The predicted octanol–water partition coefficient (Wildman–Crippen LogP) is 2.51. The molecule has 1 aliphatic heterocycles. The molecule has 0 aliphatic carbocycles. The molecule has 3 heteroatoms. The van der Waals surface area contributed by atoms with Crippen molar-refractivity contribution in [3.05, 3.63) is 28.3 Å². The average Bonchev–Trinajstić information content (AvgIpc) is 2.67. The molecule has 0 saturated carbocycles. The first-order valence-electron chi connectivity index (χ1n) is 5.35. The van der Waals surface area contributed by atoms with Crippen molar-refractivity contribution in [3.63, 3.8) is 0 Å². The van der Waals surface area contributed by atoms with Gasteiger partial charge >= 0.3 is 0 Å². The number of rotatable bonds is 2. The van der Waals surface area contributed by atoms with Crippen LogP contribution >= 0.6 is 11.6 Å². The molecule has 0 aromatic heterocycles. The lowest BCUT2D eigenvalue weighted by Gasteiger charge is -2.12. The molecule has 15 heavy (non-hydrogen) atoms. The van der Waals surface area contributed by atoms with Crippen LogP contribution in [0.25, 0.3) is 0 Å². The van der Waals surface area contributed by atoms with Crippen molar-refractivity contribution in [2.45, 2.75) is 19.8 Å². The number of benzene rings is 1. The predicted molar refractivity (Wildman–Crippen MR) is 62.5 cm³/mol. The van der Waals surface area contributed by atoms with E-state index < -0.39 is 0 Å². The van der Waals surface area contributed by atoms with Crippen LogP contribution in [0.15, 0.2) is 12.1 Å². The zero-order chi connectivity index (χ0) is 10.8. The third kappa shape index (κ3) is 2.44. The van der Waals surface area contributed by atoms with Gasteiger partial charge in [-0.2, -0.15) is 0 Å².